The highest BCUT2D eigenvalue weighted by atomic mass is 16.1. The summed E-state index contributed by atoms with van der Waals surface area (Å²) >= 11 is 0. The van der Waals surface area contributed by atoms with Gasteiger partial charge in [0.1, 0.15) is 5.82 Å². The lowest BCUT2D eigenvalue weighted by molar-refractivity contribution is -0.121. The van der Waals surface area contributed by atoms with Gasteiger partial charge in [0.25, 0.3) is 0 Å². The summed E-state index contributed by atoms with van der Waals surface area (Å²) in [4.78, 5) is 20.3. The van der Waals surface area contributed by atoms with E-state index in [0.29, 0.717) is 13.0 Å². The predicted molar refractivity (Wildman–Crippen MR) is 89.1 cm³/mol. The topological polar surface area (TPSA) is 59.3 Å². The average molecular weight is 308 g/mol. The van der Waals surface area contributed by atoms with Crippen LogP contribution in [0, 0.1) is 0 Å². The van der Waals surface area contributed by atoms with Gasteiger partial charge in [-0.2, -0.15) is 0 Å². The molecular formula is C18H20N4O. The van der Waals surface area contributed by atoms with Crippen molar-refractivity contribution in [2.75, 3.05) is 6.54 Å². The van der Waals surface area contributed by atoms with Gasteiger partial charge in [-0.1, -0.05) is 12.1 Å². The van der Waals surface area contributed by atoms with Crippen LogP contribution >= 0.6 is 0 Å². The number of pyridine rings is 2. The molecule has 5 nitrogen and oxygen atoms in total. The Bertz CT molecular complexity index is 767. The molecule has 0 spiro atoms. The summed E-state index contributed by atoms with van der Waals surface area (Å²) < 4.78 is 2.05. The highest BCUT2D eigenvalue weighted by Gasteiger charge is 2.05. The van der Waals surface area contributed by atoms with Crippen molar-refractivity contribution in [1.29, 1.82) is 0 Å². The SMILES string of the molecule is O=C(CCCc1cccnc1)NCCc1ncc2ccccn12. The number of rotatable bonds is 7. The van der Waals surface area contributed by atoms with Crippen molar-refractivity contribution in [3.8, 4) is 0 Å². The fraction of sp³-hybridized carbons (Fsp3) is 0.278. The van der Waals surface area contributed by atoms with E-state index < -0.39 is 0 Å². The summed E-state index contributed by atoms with van der Waals surface area (Å²) in [5.74, 6) is 1.06. The minimum atomic E-state index is 0.0924. The fourth-order valence-corrected chi connectivity index (χ4v) is 2.59. The molecular weight excluding hydrogens is 288 g/mol. The smallest absolute Gasteiger partial charge is 0.220 e. The van der Waals surface area contributed by atoms with Gasteiger partial charge in [-0.05, 0) is 36.6 Å². The zero-order valence-electron chi connectivity index (χ0n) is 13.0. The molecule has 23 heavy (non-hydrogen) atoms. The lowest BCUT2D eigenvalue weighted by Gasteiger charge is -2.05. The molecule has 3 rings (SSSR count). The number of aromatic nitrogens is 3. The average Bonchev–Trinajstić information content (AvgIpc) is 2.99. The number of carbonyl (C=O) groups excluding carboxylic acids is 1. The van der Waals surface area contributed by atoms with Crippen LogP contribution in [-0.4, -0.2) is 26.8 Å². The molecule has 0 aliphatic rings. The molecule has 1 amide bonds. The van der Waals surface area contributed by atoms with Crippen molar-refractivity contribution in [2.24, 2.45) is 0 Å². The van der Waals surface area contributed by atoms with Gasteiger partial charge in [0.15, 0.2) is 0 Å². The number of amides is 1. The number of nitrogens with zero attached hydrogens (tertiary/aromatic N) is 3. The van der Waals surface area contributed by atoms with Crippen molar-refractivity contribution >= 4 is 11.4 Å². The van der Waals surface area contributed by atoms with Crippen LogP contribution in [-0.2, 0) is 17.6 Å². The van der Waals surface area contributed by atoms with Crippen molar-refractivity contribution in [1.82, 2.24) is 19.7 Å². The van der Waals surface area contributed by atoms with E-state index in [1.807, 2.05) is 48.9 Å². The maximum absolute atomic E-state index is 11.9. The molecule has 0 radical (unpaired) electrons. The third-order valence-corrected chi connectivity index (χ3v) is 3.78. The summed E-state index contributed by atoms with van der Waals surface area (Å²) in [7, 11) is 0. The number of hydrogen-bond acceptors (Lipinski definition) is 3. The third kappa shape index (κ3) is 4.16. The zero-order valence-corrected chi connectivity index (χ0v) is 13.0. The Balaban J connectivity index is 1.39. The van der Waals surface area contributed by atoms with Gasteiger partial charge in [0, 0.05) is 38.0 Å². The summed E-state index contributed by atoms with van der Waals surface area (Å²) in [5.41, 5.74) is 2.24. The second kappa shape index (κ2) is 7.54. The third-order valence-electron chi connectivity index (χ3n) is 3.78. The first-order chi connectivity index (χ1) is 11.3. The Hall–Kier alpha value is -2.69. The van der Waals surface area contributed by atoms with Crippen molar-refractivity contribution in [3.05, 3.63) is 66.5 Å². The van der Waals surface area contributed by atoms with E-state index in [2.05, 4.69) is 19.7 Å². The molecule has 0 atom stereocenters. The summed E-state index contributed by atoms with van der Waals surface area (Å²) in [6.45, 7) is 0.611. The lowest BCUT2D eigenvalue weighted by atomic mass is 10.1. The second-order valence-corrected chi connectivity index (χ2v) is 5.48. The minimum Gasteiger partial charge on any atom is -0.356 e. The van der Waals surface area contributed by atoms with E-state index in [1.165, 1.54) is 5.56 Å². The fourth-order valence-electron chi connectivity index (χ4n) is 2.59. The van der Waals surface area contributed by atoms with Gasteiger partial charge in [-0.3, -0.25) is 9.78 Å². The first kappa shape index (κ1) is 15.2. The van der Waals surface area contributed by atoms with E-state index in [-0.39, 0.29) is 5.91 Å². The van der Waals surface area contributed by atoms with Crippen LogP contribution < -0.4 is 5.32 Å². The van der Waals surface area contributed by atoms with Crippen molar-refractivity contribution < 1.29 is 4.79 Å². The van der Waals surface area contributed by atoms with Crippen LogP contribution in [0.4, 0.5) is 0 Å². The molecule has 1 N–H and O–H groups in total. The van der Waals surface area contributed by atoms with Crippen LogP contribution in [0.1, 0.15) is 24.2 Å². The summed E-state index contributed by atoms with van der Waals surface area (Å²) in [5, 5.41) is 2.96. The molecule has 3 aromatic rings. The Morgan fingerprint density at radius 2 is 2.09 bits per heavy atom. The van der Waals surface area contributed by atoms with Crippen LogP contribution in [0.5, 0.6) is 0 Å². The summed E-state index contributed by atoms with van der Waals surface area (Å²) in [6.07, 6.45) is 10.4. The van der Waals surface area contributed by atoms with Crippen LogP contribution in [0.15, 0.2) is 55.1 Å². The molecule has 0 bridgehead atoms. The highest BCUT2D eigenvalue weighted by Crippen LogP contribution is 2.06. The molecule has 0 saturated heterocycles. The quantitative estimate of drug-likeness (QED) is 0.729. The molecule has 3 aromatic heterocycles. The standard InChI is InChI=1S/C18H20N4O/c23-18(8-3-5-15-6-4-10-19-13-15)20-11-9-17-21-14-16-7-1-2-12-22(16)17/h1-2,4,6-7,10,12-14H,3,5,8-9,11H2,(H,20,23). The largest absolute Gasteiger partial charge is 0.356 e. The number of aryl methyl sites for hydroxylation is 1. The van der Waals surface area contributed by atoms with Gasteiger partial charge < -0.3 is 9.72 Å². The first-order valence-corrected chi connectivity index (χ1v) is 7.89. The number of fused-ring (bicyclic) bond motifs is 1. The molecule has 118 valence electrons. The maximum atomic E-state index is 11.9. The number of nitrogens with one attached hydrogen (secondary N) is 1. The van der Waals surface area contributed by atoms with Gasteiger partial charge in [-0.15, -0.1) is 0 Å². The number of imidazole rings is 1. The van der Waals surface area contributed by atoms with Gasteiger partial charge >= 0.3 is 0 Å². The maximum Gasteiger partial charge on any atom is 0.220 e. The van der Waals surface area contributed by atoms with E-state index >= 15 is 0 Å². The number of carbonyl (C=O) groups is 1. The van der Waals surface area contributed by atoms with E-state index in [1.54, 1.807) is 6.20 Å². The molecule has 0 saturated carbocycles. The Labute approximate surface area is 135 Å². The molecule has 0 aliphatic carbocycles. The molecule has 0 aromatic carbocycles. The van der Waals surface area contributed by atoms with Gasteiger partial charge in [-0.25, -0.2) is 4.98 Å². The van der Waals surface area contributed by atoms with Crippen LogP contribution in [0.2, 0.25) is 0 Å². The van der Waals surface area contributed by atoms with Crippen LogP contribution in [0.25, 0.3) is 5.52 Å². The van der Waals surface area contributed by atoms with E-state index in [0.717, 1.165) is 30.6 Å². The lowest BCUT2D eigenvalue weighted by Crippen LogP contribution is -2.26. The van der Waals surface area contributed by atoms with Crippen LogP contribution in [0.3, 0.4) is 0 Å². The van der Waals surface area contributed by atoms with E-state index in [9.17, 15) is 4.79 Å². The van der Waals surface area contributed by atoms with E-state index in [4.69, 9.17) is 0 Å². The van der Waals surface area contributed by atoms with Gasteiger partial charge in [0.05, 0.1) is 11.7 Å². The Morgan fingerprint density at radius 1 is 1.13 bits per heavy atom. The van der Waals surface area contributed by atoms with Crippen molar-refractivity contribution in [3.63, 3.8) is 0 Å². The molecule has 0 fully saturated rings. The number of hydrogen-bond donors (Lipinski definition) is 1. The predicted octanol–water partition coefficient (Wildman–Crippen LogP) is 2.41. The first-order valence-electron chi connectivity index (χ1n) is 7.89. The molecule has 0 unspecified atom stereocenters. The summed E-state index contributed by atoms with van der Waals surface area (Å²) in [6, 6.07) is 9.95. The molecule has 5 heteroatoms. The second-order valence-electron chi connectivity index (χ2n) is 5.48. The normalized spacial score (nSPS) is 10.8. The Morgan fingerprint density at radius 3 is 2.96 bits per heavy atom. The molecule has 0 aliphatic heterocycles. The van der Waals surface area contributed by atoms with Crippen molar-refractivity contribution in [2.45, 2.75) is 25.7 Å². The minimum absolute atomic E-state index is 0.0924. The zero-order chi connectivity index (χ0) is 15.9. The highest BCUT2D eigenvalue weighted by molar-refractivity contribution is 5.75. The van der Waals surface area contributed by atoms with Gasteiger partial charge in [0.2, 0.25) is 5.91 Å². The monoisotopic (exact) mass is 308 g/mol. The Kier molecular flexibility index (Phi) is 4.99. The molecule has 3 heterocycles.